The molecular weight excluding hydrogens is 610 g/mol. The van der Waals surface area contributed by atoms with Gasteiger partial charge in [-0.05, 0) is 51.1 Å². The van der Waals surface area contributed by atoms with Crippen molar-refractivity contribution in [3.8, 4) is 5.75 Å². The Labute approximate surface area is 268 Å². The van der Waals surface area contributed by atoms with Gasteiger partial charge in [-0.15, -0.1) is 10.2 Å². The van der Waals surface area contributed by atoms with E-state index >= 15 is 0 Å². The predicted octanol–water partition coefficient (Wildman–Crippen LogP) is 8.06. The van der Waals surface area contributed by atoms with E-state index in [1.165, 1.54) is 47.2 Å². The highest BCUT2D eigenvalue weighted by atomic mass is 32.2. The Bertz CT molecular complexity index is 1960. The lowest BCUT2D eigenvalue weighted by atomic mass is 9.85. The Morgan fingerprint density at radius 3 is 2.44 bits per heavy atom. The molecule has 1 aromatic heterocycles. The maximum absolute atomic E-state index is 14.6. The molecule has 1 amide bonds. The summed E-state index contributed by atoms with van der Waals surface area (Å²) in [6, 6.07) is 24.7. The fraction of sp³-hybridized carbons (Fsp3) is 0.200. The number of hydrogen-bond donors (Lipinski definition) is 1. The van der Waals surface area contributed by atoms with E-state index in [0.717, 1.165) is 28.0 Å². The minimum Gasteiger partial charge on any atom is -0.507 e. The number of anilines is 1. The molecule has 10 heteroatoms. The zero-order valence-corrected chi connectivity index (χ0v) is 26.7. The van der Waals surface area contributed by atoms with Gasteiger partial charge in [0.25, 0.3) is 5.78 Å². The Morgan fingerprint density at radius 2 is 1.73 bits per heavy atom. The first-order valence-electron chi connectivity index (χ1n) is 14.2. The molecule has 1 unspecified atom stereocenters. The summed E-state index contributed by atoms with van der Waals surface area (Å²) in [6.45, 7) is 6.26. The van der Waals surface area contributed by atoms with Crippen molar-refractivity contribution < 1.29 is 23.8 Å². The number of aliphatic hydroxyl groups is 1. The highest BCUT2D eigenvalue weighted by Gasteiger charge is 2.48. The van der Waals surface area contributed by atoms with E-state index < -0.39 is 29.3 Å². The van der Waals surface area contributed by atoms with E-state index in [2.05, 4.69) is 55.2 Å². The zero-order chi connectivity index (χ0) is 31.9. The minimum atomic E-state index is -1.01. The topological polar surface area (TPSA) is 92.6 Å². The van der Waals surface area contributed by atoms with Crippen molar-refractivity contribution in [2.75, 3.05) is 12.0 Å². The number of methoxy groups -OCH3 is 1. The number of rotatable bonds is 7. The maximum atomic E-state index is 14.6. The Kier molecular flexibility index (Phi) is 8.20. The average Bonchev–Trinajstić information content (AvgIpc) is 3.60. The molecule has 1 saturated heterocycles. The quantitative estimate of drug-likeness (QED) is 0.0633. The summed E-state index contributed by atoms with van der Waals surface area (Å²) in [4.78, 5) is 28.5. The normalized spacial score (nSPS) is 16.5. The highest BCUT2D eigenvalue weighted by molar-refractivity contribution is 8.00. The molecule has 45 heavy (non-hydrogen) atoms. The van der Waals surface area contributed by atoms with Crippen molar-refractivity contribution >= 4 is 56.5 Å². The van der Waals surface area contributed by atoms with Gasteiger partial charge in [-0.3, -0.25) is 14.5 Å². The Balaban J connectivity index is 1.39. The lowest BCUT2D eigenvalue weighted by molar-refractivity contribution is -0.132. The van der Waals surface area contributed by atoms with E-state index in [4.69, 9.17) is 4.74 Å². The van der Waals surface area contributed by atoms with Gasteiger partial charge in [0.2, 0.25) is 5.13 Å². The molecule has 0 aliphatic carbocycles. The van der Waals surface area contributed by atoms with Crippen LogP contribution in [0.3, 0.4) is 0 Å². The van der Waals surface area contributed by atoms with E-state index in [9.17, 15) is 19.1 Å². The molecule has 7 nitrogen and oxygen atoms in total. The lowest BCUT2D eigenvalue weighted by Crippen LogP contribution is -2.29. The molecule has 4 aromatic carbocycles. The summed E-state index contributed by atoms with van der Waals surface area (Å²) in [6.07, 6.45) is 0. The molecule has 0 bridgehead atoms. The standard InChI is InChI=1S/C35H30FN3O4S2/c1-35(2,3)24-15-12-21(13-16-24)29-28(30(40)22-14-17-27(43-4)26(36)18-22)31(41)32(42)39(29)33-37-38-34(45-33)44-19-23-10-7-9-20-8-5-6-11-25(20)23/h5-18,29,40H,19H2,1-4H3/b30-28+. The van der Waals surface area contributed by atoms with Crippen molar-refractivity contribution in [2.45, 2.75) is 42.3 Å². The first-order chi connectivity index (χ1) is 21.6. The number of hydrogen-bond acceptors (Lipinski definition) is 8. The van der Waals surface area contributed by atoms with Crippen molar-refractivity contribution in [3.63, 3.8) is 0 Å². The Morgan fingerprint density at radius 1 is 1.00 bits per heavy atom. The third-order valence-electron chi connectivity index (χ3n) is 7.80. The maximum Gasteiger partial charge on any atom is 0.301 e. The molecule has 228 valence electrons. The van der Waals surface area contributed by atoms with Crippen LogP contribution in [0.15, 0.2) is 94.8 Å². The molecule has 1 fully saturated rings. The highest BCUT2D eigenvalue weighted by Crippen LogP contribution is 2.44. The fourth-order valence-electron chi connectivity index (χ4n) is 5.40. The van der Waals surface area contributed by atoms with E-state index in [0.29, 0.717) is 15.7 Å². The van der Waals surface area contributed by atoms with Crippen molar-refractivity contribution in [3.05, 3.63) is 119 Å². The lowest BCUT2D eigenvalue weighted by Gasteiger charge is -2.24. The molecule has 2 heterocycles. The van der Waals surface area contributed by atoms with E-state index in [1.807, 2.05) is 42.5 Å². The zero-order valence-electron chi connectivity index (χ0n) is 25.1. The van der Waals surface area contributed by atoms with Gasteiger partial charge in [0.15, 0.2) is 15.9 Å². The van der Waals surface area contributed by atoms with Crippen LogP contribution in [0.2, 0.25) is 0 Å². The minimum absolute atomic E-state index is 0.0105. The van der Waals surface area contributed by atoms with Crippen LogP contribution in [0.5, 0.6) is 5.75 Å². The number of nitrogens with zero attached hydrogens (tertiary/aromatic N) is 3. The number of carbonyl (C=O) groups excluding carboxylic acids is 2. The van der Waals surface area contributed by atoms with E-state index in [1.54, 1.807) is 0 Å². The number of halogens is 1. The molecule has 6 rings (SSSR count). The summed E-state index contributed by atoms with van der Waals surface area (Å²) < 4.78 is 20.3. The number of Topliss-reactive ketones (excluding diaryl/α,β-unsaturated/α-hetero) is 1. The van der Waals surface area contributed by atoms with Crippen LogP contribution in [-0.4, -0.2) is 34.1 Å². The third kappa shape index (κ3) is 5.83. The number of ether oxygens (including phenoxy) is 1. The summed E-state index contributed by atoms with van der Waals surface area (Å²) in [5, 5.41) is 22.6. The average molecular weight is 640 g/mol. The van der Waals surface area contributed by atoms with Crippen molar-refractivity contribution in [1.82, 2.24) is 10.2 Å². The monoisotopic (exact) mass is 639 g/mol. The van der Waals surface area contributed by atoms with Gasteiger partial charge < -0.3 is 9.84 Å². The van der Waals surface area contributed by atoms with Crippen LogP contribution >= 0.6 is 23.1 Å². The molecule has 1 atom stereocenters. The number of aliphatic hydroxyl groups excluding tert-OH is 1. The number of ketones is 1. The fourth-order valence-corrected chi connectivity index (χ4v) is 7.27. The molecule has 0 radical (unpaired) electrons. The van der Waals surface area contributed by atoms with Crippen molar-refractivity contribution in [1.29, 1.82) is 0 Å². The summed E-state index contributed by atoms with van der Waals surface area (Å²) in [7, 11) is 1.33. The van der Waals surface area contributed by atoms with Crippen LogP contribution < -0.4 is 9.64 Å². The second-order valence-electron chi connectivity index (χ2n) is 11.7. The van der Waals surface area contributed by atoms with Gasteiger partial charge in [-0.1, -0.05) is 111 Å². The number of benzene rings is 4. The van der Waals surface area contributed by atoms with Gasteiger partial charge in [-0.25, -0.2) is 4.39 Å². The van der Waals surface area contributed by atoms with Gasteiger partial charge >= 0.3 is 5.91 Å². The van der Waals surface area contributed by atoms with Crippen LogP contribution in [0.4, 0.5) is 9.52 Å². The second-order valence-corrected chi connectivity index (χ2v) is 13.8. The van der Waals surface area contributed by atoms with Crippen LogP contribution in [0, 0.1) is 5.82 Å². The number of fused-ring (bicyclic) bond motifs is 1. The van der Waals surface area contributed by atoms with Crippen molar-refractivity contribution in [2.24, 2.45) is 0 Å². The molecule has 1 N–H and O–H groups in total. The summed E-state index contributed by atoms with van der Waals surface area (Å²) in [5.74, 6) is -2.32. The predicted molar refractivity (Wildman–Crippen MR) is 176 cm³/mol. The summed E-state index contributed by atoms with van der Waals surface area (Å²) in [5.41, 5.74) is 2.55. The molecule has 0 spiro atoms. The molecule has 0 saturated carbocycles. The smallest absolute Gasteiger partial charge is 0.301 e. The second kappa shape index (κ2) is 12.1. The number of carbonyl (C=O) groups is 2. The molecule has 1 aliphatic heterocycles. The van der Waals surface area contributed by atoms with Crippen LogP contribution in [0.1, 0.15) is 49.1 Å². The van der Waals surface area contributed by atoms with Gasteiger partial charge in [0, 0.05) is 11.3 Å². The largest absolute Gasteiger partial charge is 0.507 e. The summed E-state index contributed by atoms with van der Waals surface area (Å²) >= 11 is 2.68. The van der Waals surface area contributed by atoms with Crippen LogP contribution in [0.25, 0.3) is 16.5 Å². The number of thioether (sulfide) groups is 1. The number of aromatic nitrogens is 2. The molecular formula is C35H30FN3O4S2. The number of amides is 1. The third-order valence-corrected chi connectivity index (χ3v) is 9.90. The van der Waals surface area contributed by atoms with Gasteiger partial charge in [0.05, 0.1) is 18.7 Å². The van der Waals surface area contributed by atoms with Gasteiger partial charge in [-0.2, -0.15) is 0 Å². The Hall–Kier alpha value is -4.54. The van der Waals surface area contributed by atoms with Crippen LogP contribution in [-0.2, 0) is 20.8 Å². The molecule has 5 aromatic rings. The first-order valence-corrected chi connectivity index (χ1v) is 16.1. The SMILES string of the molecule is COc1ccc(/C(O)=C2\C(=O)C(=O)N(c3nnc(SCc4cccc5ccccc45)s3)C2c2ccc(C(C)(C)C)cc2)cc1F. The first kappa shape index (κ1) is 30.5. The van der Waals surface area contributed by atoms with E-state index in [-0.39, 0.29) is 27.4 Å². The molecule has 1 aliphatic rings. The van der Waals surface area contributed by atoms with Gasteiger partial charge in [0.1, 0.15) is 5.76 Å².